The van der Waals surface area contributed by atoms with Crippen molar-refractivity contribution in [2.45, 2.75) is 36.7 Å². The molecule has 2 aliphatic heterocycles. The van der Waals surface area contributed by atoms with Gasteiger partial charge in [0.2, 0.25) is 18.6 Å². The number of piperidine rings is 1. The topological polar surface area (TPSA) is 77.7 Å². The fraction of sp³-hybridized carbons (Fsp3) is 0.375. The molecule has 0 saturated carbocycles. The molecule has 1 atom stereocenters. The molecular weight excluding hydrogens is 426 g/mol. The number of benzene rings is 2. The molecule has 8 heteroatoms. The molecule has 0 bridgehead atoms. The van der Waals surface area contributed by atoms with Crippen molar-refractivity contribution in [2.75, 3.05) is 19.9 Å². The van der Waals surface area contributed by atoms with Crippen molar-refractivity contribution in [3.05, 3.63) is 54.1 Å². The summed E-state index contributed by atoms with van der Waals surface area (Å²) in [6.07, 6.45) is 3.15. The van der Waals surface area contributed by atoms with Gasteiger partial charge in [-0.2, -0.15) is 0 Å². The van der Waals surface area contributed by atoms with Gasteiger partial charge in [0.05, 0.1) is 5.25 Å². The van der Waals surface area contributed by atoms with E-state index in [-0.39, 0.29) is 18.0 Å². The van der Waals surface area contributed by atoms with Crippen LogP contribution in [0.25, 0.3) is 11.5 Å². The van der Waals surface area contributed by atoms with Gasteiger partial charge in [-0.15, -0.1) is 10.2 Å². The predicted molar refractivity (Wildman–Crippen MR) is 121 cm³/mol. The number of thioether (sulfide) groups is 1. The molecule has 0 spiro atoms. The minimum Gasteiger partial charge on any atom is -0.454 e. The fourth-order valence-corrected chi connectivity index (χ4v) is 4.93. The van der Waals surface area contributed by atoms with Gasteiger partial charge in [0.25, 0.3) is 5.22 Å². The van der Waals surface area contributed by atoms with Gasteiger partial charge in [-0.1, -0.05) is 42.1 Å². The Bertz CT molecular complexity index is 1080. The van der Waals surface area contributed by atoms with Gasteiger partial charge in [0, 0.05) is 18.7 Å². The van der Waals surface area contributed by atoms with Gasteiger partial charge in [0.1, 0.15) is 0 Å². The molecule has 3 heterocycles. The maximum absolute atomic E-state index is 13.0. The van der Waals surface area contributed by atoms with E-state index in [0.29, 0.717) is 28.5 Å². The van der Waals surface area contributed by atoms with Crippen molar-refractivity contribution in [1.82, 2.24) is 15.1 Å². The number of rotatable bonds is 6. The van der Waals surface area contributed by atoms with Crippen molar-refractivity contribution < 1.29 is 18.7 Å². The van der Waals surface area contributed by atoms with Crippen molar-refractivity contribution in [1.29, 1.82) is 0 Å². The van der Waals surface area contributed by atoms with E-state index in [1.54, 1.807) is 0 Å². The van der Waals surface area contributed by atoms with Crippen molar-refractivity contribution in [2.24, 2.45) is 5.92 Å². The second-order valence-corrected chi connectivity index (χ2v) is 9.45. The number of ether oxygens (including phenoxy) is 2. The third kappa shape index (κ3) is 4.60. The largest absolute Gasteiger partial charge is 0.454 e. The van der Waals surface area contributed by atoms with Crippen LogP contribution in [0.3, 0.4) is 0 Å². The quantitative estimate of drug-likeness (QED) is 0.513. The highest BCUT2D eigenvalue weighted by atomic mass is 32.2. The maximum atomic E-state index is 13.0. The van der Waals surface area contributed by atoms with E-state index in [2.05, 4.69) is 34.5 Å². The molecule has 0 radical (unpaired) electrons. The number of hydrogen-bond donors (Lipinski definition) is 0. The summed E-state index contributed by atoms with van der Waals surface area (Å²) in [6, 6.07) is 16.1. The Morgan fingerprint density at radius 3 is 2.69 bits per heavy atom. The summed E-state index contributed by atoms with van der Waals surface area (Å²) >= 11 is 1.30. The first-order valence-electron chi connectivity index (χ1n) is 10.9. The summed E-state index contributed by atoms with van der Waals surface area (Å²) < 4.78 is 16.5. The van der Waals surface area contributed by atoms with Gasteiger partial charge >= 0.3 is 0 Å². The van der Waals surface area contributed by atoms with Gasteiger partial charge in [-0.3, -0.25) is 4.79 Å². The van der Waals surface area contributed by atoms with E-state index in [4.69, 9.17) is 13.9 Å². The van der Waals surface area contributed by atoms with Crippen molar-refractivity contribution in [3.8, 4) is 23.0 Å². The molecule has 1 saturated heterocycles. The number of carbonyl (C=O) groups is 1. The number of nitrogens with zero attached hydrogens (tertiary/aromatic N) is 3. The second kappa shape index (κ2) is 9.24. The van der Waals surface area contributed by atoms with Crippen LogP contribution in [-0.4, -0.2) is 46.1 Å². The second-order valence-electron chi connectivity index (χ2n) is 8.16. The normalized spacial score (nSPS) is 16.8. The fourth-order valence-electron chi connectivity index (χ4n) is 4.17. The molecule has 3 aromatic rings. The monoisotopic (exact) mass is 451 g/mol. The van der Waals surface area contributed by atoms with Crippen LogP contribution in [0, 0.1) is 5.92 Å². The summed E-state index contributed by atoms with van der Waals surface area (Å²) in [6.45, 7) is 3.71. The average Bonchev–Trinajstić information content (AvgIpc) is 3.49. The Morgan fingerprint density at radius 2 is 1.88 bits per heavy atom. The average molecular weight is 452 g/mol. The van der Waals surface area contributed by atoms with Crippen LogP contribution in [0.5, 0.6) is 11.5 Å². The Morgan fingerprint density at radius 1 is 1.09 bits per heavy atom. The first kappa shape index (κ1) is 20.9. The Balaban J connectivity index is 1.14. The van der Waals surface area contributed by atoms with E-state index in [1.165, 1.54) is 17.3 Å². The van der Waals surface area contributed by atoms with Crippen LogP contribution < -0.4 is 9.47 Å². The number of fused-ring (bicyclic) bond motifs is 1. The molecule has 2 aliphatic rings. The lowest BCUT2D eigenvalue weighted by molar-refractivity contribution is -0.131. The summed E-state index contributed by atoms with van der Waals surface area (Å²) in [7, 11) is 0. The van der Waals surface area contributed by atoms with Gasteiger partial charge in [0.15, 0.2) is 11.5 Å². The maximum Gasteiger partial charge on any atom is 0.277 e. The molecule has 0 N–H and O–H groups in total. The van der Waals surface area contributed by atoms with Gasteiger partial charge < -0.3 is 18.8 Å². The molecular formula is C24H25N3O4S. The number of hydrogen-bond acceptors (Lipinski definition) is 7. The lowest BCUT2D eigenvalue weighted by atomic mass is 9.90. The van der Waals surface area contributed by atoms with Crippen molar-refractivity contribution >= 4 is 17.7 Å². The van der Waals surface area contributed by atoms with E-state index in [0.717, 1.165) is 37.9 Å². The van der Waals surface area contributed by atoms with Crippen LogP contribution in [0.2, 0.25) is 0 Å². The highest BCUT2D eigenvalue weighted by Crippen LogP contribution is 2.36. The van der Waals surface area contributed by atoms with Crippen LogP contribution >= 0.6 is 11.8 Å². The summed E-state index contributed by atoms with van der Waals surface area (Å²) in [5.74, 6) is 2.51. The molecule has 7 nitrogen and oxygen atoms in total. The molecule has 166 valence electrons. The van der Waals surface area contributed by atoms with E-state index >= 15 is 0 Å². The van der Waals surface area contributed by atoms with Gasteiger partial charge in [-0.05, 0) is 55.9 Å². The Hall–Kier alpha value is -3.00. The van der Waals surface area contributed by atoms with Crippen LogP contribution in [0.15, 0.2) is 58.2 Å². The standard InChI is InChI=1S/C24H25N3O4S/c1-16(23(28)27-11-9-18(10-12-27)13-17-5-3-2-4-6-17)32-24-26-25-22(31-24)19-7-8-20-21(14-19)30-15-29-20/h2-8,14,16,18H,9-13,15H2,1H3. The van der Waals surface area contributed by atoms with E-state index in [9.17, 15) is 4.79 Å². The van der Waals surface area contributed by atoms with Crippen molar-refractivity contribution in [3.63, 3.8) is 0 Å². The Kier molecular flexibility index (Phi) is 6.03. The zero-order valence-electron chi connectivity index (χ0n) is 17.9. The van der Waals surface area contributed by atoms with Gasteiger partial charge in [-0.25, -0.2) is 0 Å². The van der Waals surface area contributed by atoms with E-state index in [1.807, 2.05) is 36.1 Å². The molecule has 1 aromatic heterocycles. The third-order valence-electron chi connectivity index (χ3n) is 5.94. The first-order chi connectivity index (χ1) is 15.7. The highest BCUT2D eigenvalue weighted by molar-refractivity contribution is 8.00. The first-order valence-corrected chi connectivity index (χ1v) is 11.8. The van der Waals surface area contributed by atoms with Crippen LogP contribution in [0.1, 0.15) is 25.3 Å². The molecule has 32 heavy (non-hydrogen) atoms. The number of likely N-dealkylation sites (tertiary alicyclic amines) is 1. The summed E-state index contributed by atoms with van der Waals surface area (Å²) in [4.78, 5) is 14.9. The number of carbonyl (C=O) groups excluding carboxylic acids is 1. The van der Waals surface area contributed by atoms with Crippen LogP contribution in [0.4, 0.5) is 0 Å². The molecule has 1 fully saturated rings. The summed E-state index contributed by atoms with van der Waals surface area (Å²) in [5, 5.41) is 8.34. The third-order valence-corrected chi connectivity index (χ3v) is 6.87. The number of amides is 1. The predicted octanol–water partition coefficient (Wildman–Crippen LogP) is 4.43. The summed E-state index contributed by atoms with van der Waals surface area (Å²) in [5.41, 5.74) is 2.13. The molecule has 2 aromatic carbocycles. The molecule has 5 rings (SSSR count). The lowest BCUT2D eigenvalue weighted by Gasteiger charge is -2.33. The molecule has 1 amide bonds. The number of aromatic nitrogens is 2. The minimum absolute atomic E-state index is 0.121. The van der Waals surface area contributed by atoms with Crippen LogP contribution in [-0.2, 0) is 11.2 Å². The SMILES string of the molecule is CC(Sc1nnc(-c2ccc3c(c2)OCO3)o1)C(=O)N1CCC(Cc2ccccc2)CC1. The zero-order valence-corrected chi connectivity index (χ0v) is 18.7. The molecule has 0 aliphatic carbocycles. The molecule has 1 unspecified atom stereocenters. The smallest absolute Gasteiger partial charge is 0.277 e. The zero-order chi connectivity index (χ0) is 21.9. The van der Waals surface area contributed by atoms with E-state index < -0.39 is 0 Å². The minimum atomic E-state index is -0.286. The Labute approximate surface area is 191 Å². The highest BCUT2D eigenvalue weighted by Gasteiger charge is 2.28. The lowest BCUT2D eigenvalue weighted by Crippen LogP contribution is -2.42.